The second-order valence-corrected chi connectivity index (χ2v) is 4.28. The molecule has 0 radical (unpaired) electrons. The Kier molecular flexibility index (Phi) is 2.74. The van der Waals surface area contributed by atoms with E-state index in [1.807, 2.05) is 0 Å². The summed E-state index contributed by atoms with van der Waals surface area (Å²) in [6, 6.07) is 0.737. The Bertz CT molecular complexity index is 227. The molecular formula is C10H17NO3. The molecule has 4 heteroatoms. The third-order valence-corrected chi connectivity index (χ3v) is 3.36. The molecule has 0 heterocycles. The van der Waals surface area contributed by atoms with E-state index in [0.717, 1.165) is 12.8 Å². The number of carboxylic acid groups (broad SMARTS) is 1. The SMILES string of the molecule is O=C(O)C1CCC1N(CCO)C1CC1. The monoisotopic (exact) mass is 199 g/mol. The number of carboxylic acids is 1. The van der Waals surface area contributed by atoms with Crippen LogP contribution >= 0.6 is 0 Å². The molecule has 0 aromatic carbocycles. The highest BCUT2D eigenvalue weighted by Crippen LogP contribution is 2.38. The Morgan fingerprint density at radius 3 is 2.36 bits per heavy atom. The minimum Gasteiger partial charge on any atom is -0.481 e. The number of rotatable bonds is 5. The maximum absolute atomic E-state index is 10.9. The van der Waals surface area contributed by atoms with Crippen molar-refractivity contribution in [2.24, 2.45) is 5.92 Å². The highest BCUT2D eigenvalue weighted by atomic mass is 16.4. The van der Waals surface area contributed by atoms with Gasteiger partial charge in [0.15, 0.2) is 0 Å². The first-order valence-corrected chi connectivity index (χ1v) is 5.33. The van der Waals surface area contributed by atoms with E-state index in [-0.39, 0.29) is 18.6 Å². The molecule has 0 saturated heterocycles. The number of aliphatic carboxylic acids is 1. The van der Waals surface area contributed by atoms with Crippen molar-refractivity contribution in [1.82, 2.24) is 4.90 Å². The number of aliphatic hydroxyl groups is 1. The molecule has 2 fully saturated rings. The summed E-state index contributed by atoms with van der Waals surface area (Å²) in [7, 11) is 0. The van der Waals surface area contributed by atoms with E-state index in [2.05, 4.69) is 4.90 Å². The summed E-state index contributed by atoms with van der Waals surface area (Å²) in [4.78, 5) is 13.1. The first-order chi connectivity index (χ1) is 6.74. The van der Waals surface area contributed by atoms with E-state index >= 15 is 0 Å². The highest BCUT2D eigenvalue weighted by Gasteiger charge is 2.44. The average Bonchev–Trinajstić information content (AvgIpc) is 2.82. The van der Waals surface area contributed by atoms with E-state index in [9.17, 15) is 4.79 Å². The van der Waals surface area contributed by atoms with Gasteiger partial charge < -0.3 is 10.2 Å². The fourth-order valence-corrected chi connectivity index (χ4v) is 2.31. The van der Waals surface area contributed by atoms with Crippen molar-refractivity contribution in [3.8, 4) is 0 Å². The lowest BCUT2D eigenvalue weighted by Crippen LogP contribution is -2.52. The Labute approximate surface area is 83.5 Å². The zero-order valence-corrected chi connectivity index (χ0v) is 8.22. The van der Waals surface area contributed by atoms with Crippen LogP contribution in [0.5, 0.6) is 0 Å². The summed E-state index contributed by atoms with van der Waals surface area (Å²) in [6.07, 6.45) is 4.12. The van der Waals surface area contributed by atoms with Gasteiger partial charge >= 0.3 is 5.97 Å². The number of hydrogen-bond acceptors (Lipinski definition) is 3. The van der Waals surface area contributed by atoms with Gasteiger partial charge in [-0.2, -0.15) is 0 Å². The molecule has 2 saturated carbocycles. The molecule has 14 heavy (non-hydrogen) atoms. The maximum Gasteiger partial charge on any atom is 0.308 e. The molecule has 2 rings (SSSR count). The van der Waals surface area contributed by atoms with E-state index in [1.54, 1.807) is 0 Å². The van der Waals surface area contributed by atoms with E-state index in [1.165, 1.54) is 12.8 Å². The maximum atomic E-state index is 10.9. The van der Waals surface area contributed by atoms with Crippen LogP contribution in [0.15, 0.2) is 0 Å². The molecule has 0 aromatic rings. The average molecular weight is 199 g/mol. The lowest BCUT2D eigenvalue weighted by atomic mass is 9.78. The van der Waals surface area contributed by atoms with Crippen molar-refractivity contribution in [1.29, 1.82) is 0 Å². The van der Waals surface area contributed by atoms with Crippen molar-refractivity contribution in [3.63, 3.8) is 0 Å². The van der Waals surface area contributed by atoms with Gasteiger partial charge in [-0.25, -0.2) is 0 Å². The summed E-state index contributed by atoms with van der Waals surface area (Å²) >= 11 is 0. The minimum absolute atomic E-state index is 0.138. The normalized spacial score (nSPS) is 31.6. The second-order valence-electron chi connectivity index (χ2n) is 4.28. The lowest BCUT2D eigenvalue weighted by molar-refractivity contribution is -0.149. The Morgan fingerprint density at radius 1 is 1.29 bits per heavy atom. The van der Waals surface area contributed by atoms with Crippen molar-refractivity contribution in [2.75, 3.05) is 13.2 Å². The zero-order chi connectivity index (χ0) is 10.1. The Morgan fingerprint density at radius 2 is 2.00 bits per heavy atom. The predicted molar refractivity (Wildman–Crippen MR) is 51.0 cm³/mol. The van der Waals surface area contributed by atoms with Gasteiger partial charge in [-0.3, -0.25) is 9.69 Å². The van der Waals surface area contributed by atoms with Crippen molar-refractivity contribution in [2.45, 2.75) is 37.8 Å². The van der Waals surface area contributed by atoms with Gasteiger partial charge in [0.1, 0.15) is 0 Å². The molecule has 0 aromatic heterocycles. The largest absolute Gasteiger partial charge is 0.481 e. The molecule has 2 atom stereocenters. The van der Waals surface area contributed by atoms with E-state index in [4.69, 9.17) is 10.2 Å². The molecule has 0 amide bonds. The van der Waals surface area contributed by atoms with Crippen LogP contribution in [0.2, 0.25) is 0 Å². The number of nitrogens with zero attached hydrogens (tertiary/aromatic N) is 1. The molecule has 0 aliphatic heterocycles. The number of carbonyl (C=O) groups is 1. The van der Waals surface area contributed by atoms with Gasteiger partial charge in [0.2, 0.25) is 0 Å². The van der Waals surface area contributed by atoms with Crippen molar-refractivity contribution < 1.29 is 15.0 Å². The third kappa shape index (κ3) is 1.77. The standard InChI is InChI=1S/C10H17NO3/c12-6-5-11(7-1-2-7)9-4-3-8(9)10(13)14/h7-9,12H,1-6H2,(H,13,14). The van der Waals surface area contributed by atoms with Gasteiger partial charge in [0.05, 0.1) is 12.5 Å². The minimum atomic E-state index is -0.676. The van der Waals surface area contributed by atoms with Crippen LogP contribution in [0.25, 0.3) is 0 Å². The van der Waals surface area contributed by atoms with Crippen LogP contribution in [-0.4, -0.2) is 46.3 Å². The van der Waals surface area contributed by atoms with E-state index in [0.29, 0.717) is 12.6 Å². The predicted octanol–water partition coefficient (Wildman–Crippen LogP) is 0.306. The first-order valence-electron chi connectivity index (χ1n) is 5.33. The molecular weight excluding hydrogens is 182 g/mol. The summed E-state index contributed by atoms with van der Waals surface area (Å²) < 4.78 is 0. The van der Waals surface area contributed by atoms with Crippen molar-refractivity contribution >= 4 is 5.97 Å². The molecule has 2 unspecified atom stereocenters. The zero-order valence-electron chi connectivity index (χ0n) is 8.22. The van der Waals surface area contributed by atoms with Gasteiger partial charge in [-0.15, -0.1) is 0 Å². The molecule has 0 spiro atoms. The summed E-state index contributed by atoms with van der Waals surface area (Å²) in [6.45, 7) is 0.776. The van der Waals surface area contributed by atoms with Crippen LogP contribution in [0, 0.1) is 5.92 Å². The smallest absolute Gasteiger partial charge is 0.308 e. The molecule has 80 valence electrons. The van der Waals surface area contributed by atoms with Gasteiger partial charge in [-0.1, -0.05) is 0 Å². The summed E-state index contributed by atoms with van der Waals surface area (Å²) in [5.74, 6) is -0.869. The van der Waals surface area contributed by atoms with Gasteiger partial charge in [0, 0.05) is 18.6 Å². The topological polar surface area (TPSA) is 60.8 Å². The third-order valence-electron chi connectivity index (χ3n) is 3.36. The molecule has 0 bridgehead atoms. The van der Waals surface area contributed by atoms with Crippen LogP contribution in [0.3, 0.4) is 0 Å². The second kappa shape index (κ2) is 3.87. The van der Waals surface area contributed by atoms with Crippen LogP contribution in [0.1, 0.15) is 25.7 Å². The summed E-state index contributed by atoms with van der Waals surface area (Å²) in [5.41, 5.74) is 0. The van der Waals surface area contributed by atoms with Gasteiger partial charge in [-0.05, 0) is 25.7 Å². The van der Waals surface area contributed by atoms with Gasteiger partial charge in [0.25, 0.3) is 0 Å². The first kappa shape index (κ1) is 9.93. The summed E-state index contributed by atoms with van der Waals surface area (Å²) in [5, 5.41) is 17.9. The fraction of sp³-hybridized carbons (Fsp3) is 0.900. The fourth-order valence-electron chi connectivity index (χ4n) is 2.31. The lowest BCUT2D eigenvalue weighted by Gasteiger charge is -2.42. The van der Waals surface area contributed by atoms with E-state index < -0.39 is 5.97 Å². The number of hydrogen-bond donors (Lipinski definition) is 2. The number of aliphatic hydroxyl groups excluding tert-OH is 1. The Balaban J connectivity index is 1.93. The molecule has 2 aliphatic carbocycles. The van der Waals surface area contributed by atoms with Crippen molar-refractivity contribution in [3.05, 3.63) is 0 Å². The van der Waals surface area contributed by atoms with Crippen LogP contribution in [-0.2, 0) is 4.79 Å². The molecule has 4 nitrogen and oxygen atoms in total. The molecule has 2 aliphatic rings. The van der Waals surface area contributed by atoms with Crippen LogP contribution < -0.4 is 0 Å². The molecule has 2 N–H and O–H groups in total. The van der Waals surface area contributed by atoms with Crippen LogP contribution in [0.4, 0.5) is 0 Å². The highest BCUT2D eigenvalue weighted by molar-refractivity contribution is 5.72. The quantitative estimate of drug-likeness (QED) is 0.669. The Hall–Kier alpha value is -0.610.